The van der Waals surface area contributed by atoms with E-state index in [0.717, 1.165) is 30.7 Å². The van der Waals surface area contributed by atoms with Crippen LogP contribution >= 0.6 is 0 Å². The van der Waals surface area contributed by atoms with Crippen molar-refractivity contribution >= 4 is 10.4 Å². The van der Waals surface area contributed by atoms with Crippen LogP contribution in [0.2, 0.25) is 0 Å². The zero-order valence-corrected chi connectivity index (χ0v) is 14.2. The molecule has 0 atom stereocenters. The standard InChI is InChI=1S/C16H25NO4S/c1-14-6-7-16(12-15(14)2)13-17(8-3-4-9-17)10-5-11-21-22(18,19)20/h6-7,12H,3-5,8-11,13H2,1-2H3/p+1. The molecule has 1 heterocycles. The van der Waals surface area contributed by atoms with Crippen molar-refractivity contribution in [2.45, 2.75) is 39.7 Å². The lowest BCUT2D eigenvalue weighted by Gasteiger charge is -2.34. The van der Waals surface area contributed by atoms with Crippen LogP contribution in [0.15, 0.2) is 18.2 Å². The second-order valence-corrected chi connectivity index (χ2v) is 7.49. The van der Waals surface area contributed by atoms with E-state index in [1.54, 1.807) is 0 Å². The number of quaternary nitrogens is 1. The summed E-state index contributed by atoms with van der Waals surface area (Å²) in [6, 6.07) is 6.61. The minimum absolute atomic E-state index is 0.0474. The Kier molecular flexibility index (Phi) is 5.60. The molecule has 124 valence electrons. The Bertz CT molecular complexity index is 607. The SMILES string of the molecule is Cc1ccc(C[N+]2(CCCOS(=O)(=O)O)CCCC2)cc1C. The van der Waals surface area contributed by atoms with Crippen molar-refractivity contribution < 1.29 is 21.6 Å². The summed E-state index contributed by atoms with van der Waals surface area (Å²) in [6.07, 6.45) is 3.05. The molecule has 0 radical (unpaired) electrons. The third-order valence-electron chi connectivity index (χ3n) is 4.61. The molecule has 0 bridgehead atoms. The zero-order chi connectivity index (χ0) is 16.2. The molecule has 1 aliphatic heterocycles. The Balaban J connectivity index is 1.97. The van der Waals surface area contributed by atoms with E-state index in [9.17, 15) is 8.42 Å². The van der Waals surface area contributed by atoms with Crippen molar-refractivity contribution in [2.24, 2.45) is 0 Å². The molecule has 0 spiro atoms. The lowest BCUT2D eigenvalue weighted by atomic mass is 10.1. The predicted octanol–water partition coefficient (Wildman–Crippen LogP) is 2.62. The molecule has 0 amide bonds. The summed E-state index contributed by atoms with van der Waals surface area (Å²) in [7, 11) is -4.32. The van der Waals surface area contributed by atoms with Gasteiger partial charge in [0.1, 0.15) is 6.54 Å². The van der Waals surface area contributed by atoms with E-state index in [-0.39, 0.29) is 6.61 Å². The number of benzene rings is 1. The third kappa shape index (κ3) is 5.05. The van der Waals surface area contributed by atoms with Gasteiger partial charge < -0.3 is 4.48 Å². The molecule has 6 heteroatoms. The second kappa shape index (κ2) is 7.08. The van der Waals surface area contributed by atoms with Gasteiger partial charge in [-0.05, 0) is 25.0 Å². The van der Waals surface area contributed by atoms with Gasteiger partial charge in [0.05, 0.1) is 26.2 Å². The van der Waals surface area contributed by atoms with Gasteiger partial charge in [-0.1, -0.05) is 18.2 Å². The van der Waals surface area contributed by atoms with Crippen LogP contribution in [0.25, 0.3) is 0 Å². The Morgan fingerprint density at radius 2 is 1.86 bits per heavy atom. The average molecular weight is 328 g/mol. The van der Waals surface area contributed by atoms with Crippen molar-refractivity contribution in [1.29, 1.82) is 0 Å². The van der Waals surface area contributed by atoms with Crippen LogP contribution in [-0.4, -0.2) is 43.7 Å². The molecular weight excluding hydrogens is 302 g/mol. The monoisotopic (exact) mass is 328 g/mol. The van der Waals surface area contributed by atoms with Crippen molar-refractivity contribution in [3.8, 4) is 0 Å². The van der Waals surface area contributed by atoms with Gasteiger partial charge in [0.25, 0.3) is 0 Å². The quantitative estimate of drug-likeness (QED) is 0.475. The summed E-state index contributed by atoms with van der Waals surface area (Å²) in [4.78, 5) is 0. The zero-order valence-electron chi connectivity index (χ0n) is 13.4. The minimum Gasteiger partial charge on any atom is -0.320 e. The van der Waals surface area contributed by atoms with E-state index in [4.69, 9.17) is 4.55 Å². The number of rotatable bonds is 7. The summed E-state index contributed by atoms with van der Waals surface area (Å²) >= 11 is 0. The van der Waals surface area contributed by atoms with Crippen molar-refractivity contribution in [2.75, 3.05) is 26.2 Å². The first-order chi connectivity index (χ1) is 10.3. The minimum atomic E-state index is -4.32. The number of likely N-dealkylation sites (tertiary alicyclic amines) is 1. The fourth-order valence-corrected chi connectivity index (χ4v) is 3.65. The highest BCUT2D eigenvalue weighted by atomic mass is 32.3. The topological polar surface area (TPSA) is 63.6 Å². The molecule has 1 fully saturated rings. The number of hydrogen-bond donors (Lipinski definition) is 1. The Hall–Kier alpha value is -0.950. The molecule has 0 unspecified atom stereocenters. The number of hydrogen-bond acceptors (Lipinski definition) is 3. The second-order valence-electron chi connectivity index (χ2n) is 6.40. The van der Waals surface area contributed by atoms with Crippen molar-refractivity contribution in [1.82, 2.24) is 0 Å². The first-order valence-corrected chi connectivity index (χ1v) is 9.19. The number of nitrogens with zero attached hydrogens (tertiary/aromatic N) is 1. The highest BCUT2D eigenvalue weighted by Gasteiger charge is 2.31. The summed E-state index contributed by atoms with van der Waals surface area (Å²) < 4.78 is 35.2. The summed E-state index contributed by atoms with van der Waals surface area (Å²) in [5.41, 5.74) is 3.95. The lowest BCUT2D eigenvalue weighted by Crippen LogP contribution is -2.45. The van der Waals surface area contributed by atoms with Crippen LogP contribution in [0.3, 0.4) is 0 Å². The van der Waals surface area contributed by atoms with Crippen LogP contribution in [0.4, 0.5) is 0 Å². The van der Waals surface area contributed by atoms with Crippen molar-refractivity contribution in [3.63, 3.8) is 0 Å². The molecule has 1 aromatic carbocycles. The van der Waals surface area contributed by atoms with E-state index in [0.29, 0.717) is 6.42 Å². The first-order valence-electron chi connectivity index (χ1n) is 7.83. The smallest absolute Gasteiger partial charge is 0.320 e. The predicted molar refractivity (Wildman–Crippen MR) is 85.8 cm³/mol. The summed E-state index contributed by atoms with van der Waals surface area (Å²) in [5.74, 6) is 0. The van der Waals surface area contributed by atoms with Crippen LogP contribution in [-0.2, 0) is 21.1 Å². The van der Waals surface area contributed by atoms with Crippen LogP contribution < -0.4 is 0 Å². The maximum atomic E-state index is 10.6. The third-order valence-corrected chi connectivity index (χ3v) is 5.08. The highest BCUT2D eigenvalue weighted by molar-refractivity contribution is 7.80. The molecule has 0 aromatic heterocycles. The highest BCUT2D eigenvalue weighted by Crippen LogP contribution is 2.25. The van der Waals surface area contributed by atoms with Gasteiger partial charge in [0, 0.05) is 24.8 Å². The molecule has 0 saturated carbocycles. The van der Waals surface area contributed by atoms with Gasteiger partial charge >= 0.3 is 10.4 Å². The van der Waals surface area contributed by atoms with Crippen molar-refractivity contribution in [3.05, 3.63) is 34.9 Å². The van der Waals surface area contributed by atoms with Crippen LogP contribution in [0.5, 0.6) is 0 Å². The maximum Gasteiger partial charge on any atom is 0.397 e. The maximum absolute atomic E-state index is 10.6. The normalized spacial score (nSPS) is 17.8. The van der Waals surface area contributed by atoms with E-state index >= 15 is 0 Å². The largest absolute Gasteiger partial charge is 0.397 e. The number of aryl methyl sites for hydroxylation is 2. The molecule has 2 rings (SSSR count). The fourth-order valence-electron chi connectivity index (χ4n) is 3.32. The van der Waals surface area contributed by atoms with Crippen LogP contribution in [0.1, 0.15) is 36.0 Å². The van der Waals surface area contributed by atoms with Gasteiger partial charge in [0.15, 0.2) is 0 Å². The Morgan fingerprint density at radius 3 is 2.45 bits per heavy atom. The van der Waals surface area contributed by atoms with E-state index in [1.807, 2.05) is 0 Å². The molecule has 1 N–H and O–H groups in total. The Morgan fingerprint density at radius 1 is 1.18 bits per heavy atom. The van der Waals surface area contributed by atoms with Gasteiger partial charge in [-0.25, -0.2) is 4.18 Å². The van der Waals surface area contributed by atoms with Gasteiger partial charge in [-0.3, -0.25) is 4.55 Å². The molecule has 1 aliphatic rings. The van der Waals surface area contributed by atoms with Crippen LogP contribution in [0, 0.1) is 13.8 Å². The van der Waals surface area contributed by atoms with Gasteiger partial charge in [0.2, 0.25) is 0 Å². The average Bonchev–Trinajstić information content (AvgIpc) is 2.87. The van der Waals surface area contributed by atoms with E-state index in [2.05, 4.69) is 36.2 Å². The van der Waals surface area contributed by atoms with Gasteiger partial charge in [-0.15, -0.1) is 0 Å². The van der Waals surface area contributed by atoms with E-state index in [1.165, 1.54) is 29.5 Å². The molecule has 1 aromatic rings. The fraction of sp³-hybridized carbons (Fsp3) is 0.625. The summed E-state index contributed by atoms with van der Waals surface area (Å²) in [5, 5.41) is 0. The van der Waals surface area contributed by atoms with E-state index < -0.39 is 10.4 Å². The molecular formula is C16H26NO4S+. The Labute approximate surface area is 133 Å². The van der Waals surface area contributed by atoms with Gasteiger partial charge in [-0.2, -0.15) is 8.42 Å². The molecule has 5 nitrogen and oxygen atoms in total. The lowest BCUT2D eigenvalue weighted by molar-refractivity contribution is -0.929. The summed E-state index contributed by atoms with van der Waals surface area (Å²) in [6.45, 7) is 8.40. The molecule has 1 saturated heterocycles. The molecule has 22 heavy (non-hydrogen) atoms. The molecule has 0 aliphatic carbocycles. The first kappa shape index (κ1) is 17.4.